The smallest absolute Gasteiger partial charge is 0.309 e. The number of rotatable bonds is 7. The molecule has 1 amide bonds. The zero-order valence-electron chi connectivity index (χ0n) is 19.8. The number of ketones is 1. The van der Waals surface area contributed by atoms with E-state index in [-0.39, 0.29) is 36.2 Å². The van der Waals surface area contributed by atoms with Crippen LogP contribution >= 0.6 is 22.9 Å². The Labute approximate surface area is 219 Å². The van der Waals surface area contributed by atoms with Crippen LogP contribution in [0.5, 0.6) is 0 Å². The molecule has 0 saturated heterocycles. The van der Waals surface area contributed by atoms with Gasteiger partial charge in [0.1, 0.15) is 5.78 Å². The van der Waals surface area contributed by atoms with Gasteiger partial charge in [-0.3, -0.25) is 19.3 Å². The molecule has 0 aliphatic heterocycles. The Kier molecular flexibility index (Phi) is 7.48. The number of Topliss-reactive ketones (excluding diaryl/α,β-unsaturated/α-hetero) is 1. The van der Waals surface area contributed by atoms with Crippen molar-refractivity contribution in [1.29, 1.82) is 0 Å². The largest absolute Gasteiger partial charge is 0.455 e. The lowest BCUT2D eigenvalue weighted by atomic mass is 9.67. The topological polar surface area (TPSA) is 76.6 Å². The molecule has 2 aliphatic rings. The number of carbonyl (C=O) groups excluding carboxylic acids is 3. The number of hydrogen-bond acceptors (Lipinski definition) is 6. The fraction of sp³-hybridized carbons (Fsp3) is 0.357. The minimum atomic E-state index is -0.381. The molecule has 186 valence electrons. The van der Waals surface area contributed by atoms with Crippen LogP contribution in [0.25, 0.3) is 11.3 Å². The molecule has 0 spiro atoms. The van der Waals surface area contributed by atoms with E-state index in [1.165, 1.54) is 11.3 Å². The Morgan fingerprint density at radius 1 is 1.03 bits per heavy atom. The van der Waals surface area contributed by atoms with Crippen molar-refractivity contribution in [1.82, 2.24) is 4.98 Å². The van der Waals surface area contributed by atoms with Crippen LogP contribution in [0.3, 0.4) is 0 Å². The van der Waals surface area contributed by atoms with Gasteiger partial charge in [0, 0.05) is 27.8 Å². The molecule has 2 bridgehead atoms. The number of carbonyl (C=O) groups is 3. The highest BCUT2D eigenvalue weighted by molar-refractivity contribution is 7.14. The second kappa shape index (κ2) is 10.9. The summed E-state index contributed by atoms with van der Waals surface area (Å²) in [7, 11) is 0. The summed E-state index contributed by atoms with van der Waals surface area (Å²) in [6.07, 6.45) is 3.81. The highest BCUT2D eigenvalue weighted by Crippen LogP contribution is 2.40. The summed E-state index contributed by atoms with van der Waals surface area (Å²) >= 11 is 7.37. The number of fused-ring (bicyclic) bond motifs is 2. The van der Waals surface area contributed by atoms with Gasteiger partial charge in [-0.1, -0.05) is 60.5 Å². The van der Waals surface area contributed by atoms with Crippen LogP contribution in [-0.4, -0.2) is 29.3 Å². The van der Waals surface area contributed by atoms with Crippen molar-refractivity contribution in [3.05, 3.63) is 70.6 Å². The molecule has 0 radical (unpaired) electrons. The van der Waals surface area contributed by atoms with Crippen molar-refractivity contribution in [2.24, 2.45) is 17.8 Å². The zero-order chi connectivity index (χ0) is 25.1. The third-order valence-corrected chi connectivity index (χ3v) is 8.18. The average molecular weight is 523 g/mol. The fourth-order valence-corrected chi connectivity index (χ4v) is 6.15. The Bertz CT molecular complexity index is 1230. The summed E-state index contributed by atoms with van der Waals surface area (Å²) < 4.78 is 5.51. The molecule has 2 saturated carbocycles. The first-order valence-electron chi connectivity index (χ1n) is 12.2. The third-order valence-electron chi connectivity index (χ3n) is 7.07. The molecule has 8 heteroatoms. The average Bonchev–Trinajstić information content (AvgIpc) is 3.36. The molecule has 1 aromatic heterocycles. The van der Waals surface area contributed by atoms with E-state index in [0.29, 0.717) is 35.3 Å². The van der Waals surface area contributed by atoms with E-state index in [0.717, 1.165) is 36.1 Å². The standard InChI is InChI=1S/C28H27ClN2O4S/c29-23-11-9-19(10-12-23)24-17-36-28(30-24)31(15-18-5-2-1-3-6-18)25(32)16-35-27(34)22-13-20-7-4-8-21(14-22)26(20)33/h1-3,5-6,9-12,17,20-22H,4,7-8,13-16H2. The first-order valence-corrected chi connectivity index (χ1v) is 13.5. The van der Waals surface area contributed by atoms with Gasteiger partial charge >= 0.3 is 5.97 Å². The monoisotopic (exact) mass is 522 g/mol. The van der Waals surface area contributed by atoms with Crippen LogP contribution in [-0.2, 0) is 25.7 Å². The molecule has 2 aliphatic carbocycles. The number of thiazole rings is 1. The second-order valence-electron chi connectivity index (χ2n) is 9.49. The van der Waals surface area contributed by atoms with Gasteiger partial charge in [-0.25, -0.2) is 4.98 Å². The van der Waals surface area contributed by atoms with Gasteiger partial charge in [-0.05, 0) is 43.4 Å². The highest BCUT2D eigenvalue weighted by atomic mass is 35.5. The number of amides is 1. The Morgan fingerprint density at radius 2 is 1.72 bits per heavy atom. The summed E-state index contributed by atoms with van der Waals surface area (Å²) in [4.78, 5) is 44.8. The lowest BCUT2D eigenvalue weighted by Gasteiger charge is -2.36. The van der Waals surface area contributed by atoms with E-state index in [4.69, 9.17) is 21.3 Å². The van der Waals surface area contributed by atoms with Gasteiger partial charge in [0.15, 0.2) is 11.7 Å². The number of halogens is 1. The van der Waals surface area contributed by atoms with Gasteiger partial charge in [0.05, 0.1) is 18.2 Å². The SMILES string of the molecule is O=C(OCC(=O)N(Cc1ccccc1)c1nc(-c2ccc(Cl)cc2)cs1)C1CC2CCCC(C1)C2=O. The molecule has 2 atom stereocenters. The van der Waals surface area contributed by atoms with Crippen LogP contribution in [0.1, 0.15) is 37.7 Å². The zero-order valence-corrected chi connectivity index (χ0v) is 21.3. The minimum Gasteiger partial charge on any atom is -0.455 e. The number of aromatic nitrogens is 1. The molecule has 2 fully saturated rings. The Morgan fingerprint density at radius 3 is 2.42 bits per heavy atom. The van der Waals surface area contributed by atoms with Crippen molar-refractivity contribution < 1.29 is 19.1 Å². The highest BCUT2D eigenvalue weighted by Gasteiger charge is 2.42. The first kappa shape index (κ1) is 24.7. The van der Waals surface area contributed by atoms with Gasteiger partial charge in [0.25, 0.3) is 5.91 Å². The summed E-state index contributed by atoms with van der Waals surface area (Å²) in [5.41, 5.74) is 2.59. The molecule has 0 N–H and O–H groups in total. The number of esters is 1. The van der Waals surface area contributed by atoms with E-state index in [1.807, 2.05) is 47.8 Å². The third kappa shape index (κ3) is 5.52. The fourth-order valence-electron chi connectivity index (χ4n) is 5.17. The molecule has 1 heterocycles. The van der Waals surface area contributed by atoms with E-state index in [1.54, 1.807) is 17.0 Å². The summed E-state index contributed by atoms with van der Waals surface area (Å²) in [5.74, 6) is -0.811. The van der Waals surface area contributed by atoms with Crippen LogP contribution in [0.2, 0.25) is 5.02 Å². The van der Waals surface area contributed by atoms with Crippen molar-refractivity contribution in [2.45, 2.75) is 38.6 Å². The molecule has 5 rings (SSSR count). The molecule has 3 aromatic rings. The number of ether oxygens (including phenoxy) is 1. The first-order chi connectivity index (χ1) is 17.5. The summed E-state index contributed by atoms with van der Waals surface area (Å²) in [6.45, 7) is -0.0474. The molecule has 2 aromatic carbocycles. The van der Waals surface area contributed by atoms with Gasteiger partial charge in [0.2, 0.25) is 0 Å². The normalized spacial score (nSPS) is 21.1. The van der Waals surface area contributed by atoms with Crippen molar-refractivity contribution >= 4 is 45.7 Å². The number of anilines is 1. The van der Waals surface area contributed by atoms with Crippen LogP contribution in [0.4, 0.5) is 5.13 Å². The van der Waals surface area contributed by atoms with E-state index < -0.39 is 0 Å². The number of nitrogens with zero attached hydrogens (tertiary/aromatic N) is 2. The van der Waals surface area contributed by atoms with Gasteiger partial charge < -0.3 is 4.74 Å². The molecular weight excluding hydrogens is 496 g/mol. The lowest BCUT2D eigenvalue weighted by Crippen LogP contribution is -2.40. The second-order valence-corrected chi connectivity index (χ2v) is 10.8. The van der Waals surface area contributed by atoms with Gasteiger partial charge in [-0.15, -0.1) is 11.3 Å². The van der Waals surface area contributed by atoms with E-state index >= 15 is 0 Å². The van der Waals surface area contributed by atoms with Crippen LogP contribution < -0.4 is 4.90 Å². The minimum absolute atomic E-state index is 0.0399. The van der Waals surface area contributed by atoms with Gasteiger partial charge in [-0.2, -0.15) is 0 Å². The predicted molar refractivity (Wildman–Crippen MR) is 140 cm³/mol. The van der Waals surface area contributed by atoms with Crippen molar-refractivity contribution in [3.8, 4) is 11.3 Å². The molecule has 6 nitrogen and oxygen atoms in total. The van der Waals surface area contributed by atoms with Crippen molar-refractivity contribution in [2.75, 3.05) is 11.5 Å². The summed E-state index contributed by atoms with van der Waals surface area (Å²) in [6, 6.07) is 17.0. The number of hydrogen-bond donors (Lipinski definition) is 0. The maximum atomic E-state index is 13.3. The summed E-state index contributed by atoms with van der Waals surface area (Å²) in [5, 5.41) is 3.07. The lowest BCUT2D eigenvalue weighted by molar-refractivity contribution is -0.156. The van der Waals surface area contributed by atoms with E-state index in [9.17, 15) is 14.4 Å². The molecular formula is C28H27ClN2O4S. The maximum Gasteiger partial charge on any atom is 0.309 e. The molecule has 2 unspecified atom stereocenters. The Hall–Kier alpha value is -3.03. The maximum absolute atomic E-state index is 13.3. The Balaban J connectivity index is 1.29. The van der Waals surface area contributed by atoms with Crippen LogP contribution in [0, 0.1) is 17.8 Å². The van der Waals surface area contributed by atoms with Crippen LogP contribution in [0.15, 0.2) is 60.0 Å². The van der Waals surface area contributed by atoms with Crippen molar-refractivity contribution in [3.63, 3.8) is 0 Å². The quantitative estimate of drug-likeness (QED) is 0.359. The molecule has 36 heavy (non-hydrogen) atoms. The predicted octanol–water partition coefficient (Wildman–Crippen LogP) is 5.94. The van der Waals surface area contributed by atoms with E-state index in [2.05, 4.69) is 0 Å². The number of benzene rings is 2.